The number of ether oxygens (including phenoxy) is 2. The van der Waals surface area contributed by atoms with E-state index in [1.807, 2.05) is 0 Å². The van der Waals surface area contributed by atoms with E-state index in [0.29, 0.717) is 0 Å². The molecule has 0 saturated heterocycles. The molecule has 12 heteroatoms. The number of methoxy groups -OCH3 is 1. The van der Waals surface area contributed by atoms with Gasteiger partial charge in [0.25, 0.3) is 5.56 Å². The Morgan fingerprint density at radius 2 is 1.96 bits per heavy atom. The van der Waals surface area contributed by atoms with Gasteiger partial charge in [0.2, 0.25) is 5.75 Å². The Kier molecular flexibility index (Phi) is 5.03. The molecule has 1 aromatic carbocycles. The molecule has 0 spiro atoms. The average Bonchev–Trinajstić information content (AvgIpc) is 3.07. The van der Waals surface area contributed by atoms with Gasteiger partial charge in [-0.2, -0.15) is 13.2 Å². The van der Waals surface area contributed by atoms with Crippen LogP contribution in [0.2, 0.25) is 10.0 Å². The third-order valence-electron chi connectivity index (χ3n) is 3.24. The highest BCUT2D eigenvalue weighted by Crippen LogP contribution is 2.37. The highest BCUT2D eigenvalue weighted by atomic mass is 35.5. The van der Waals surface area contributed by atoms with Gasteiger partial charge in [0.05, 0.1) is 17.2 Å². The number of aromatic amines is 1. The molecule has 0 atom stereocenters. The van der Waals surface area contributed by atoms with Crippen LogP contribution in [0.3, 0.4) is 0 Å². The molecule has 2 aromatic heterocycles. The Morgan fingerprint density at radius 1 is 1.22 bits per heavy atom. The summed E-state index contributed by atoms with van der Waals surface area (Å²) < 4.78 is 55.0. The lowest BCUT2D eigenvalue weighted by Gasteiger charge is -2.13. The number of hydrogen-bond donors (Lipinski definition) is 1. The van der Waals surface area contributed by atoms with Crippen LogP contribution in [0.5, 0.6) is 17.2 Å². The summed E-state index contributed by atoms with van der Waals surface area (Å²) in [6.45, 7) is 0. The second-order valence-electron chi connectivity index (χ2n) is 5.00. The Labute approximate surface area is 158 Å². The normalized spacial score (nSPS) is 11.5. The van der Waals surface area contributed by atoms with Crippen molar-refractivity contribution in [3.63, 3.8) is 0 Å². The van der Waals surface area contributed by atoms with Crippen molar-refractivity contribution in [2.75, 3.05) is 7.11 Å². The third-order valence-corrected chi connectivity index (χ3v) is 3.98. The van der Waals surface area contributed by atoms with E-state index in [2.05, 4.69) is 19.6 Å². The van der Waals surface area contributed by atoms with E-state index in [0.717, 1.165) is 12.3 Å². The van der Waals surface area contributed by atoms with Gasteiger partial charge in [-0.15, -0.1) is 0 Å². The Balaban J connectivity index is 2.14. The molecular weight excluding hydrogens is 414 g/mol. The van der Waals surface area contributed by atoms with Crippen molar-refractivity contribution < 1.29 is 27.2 Å². The summed E-state index contributed by atoms with van der Waals surface area (Å²) >= 11 is 11.6. The quantitative estimate of drug-likeness (QED) is 0.664. The lowest BCUT2D eigenvalue weighted by molar-refractivity contribution is -0.142. The fourth-order valence-corrected chi connectivity index (χ4v) is 2.34. The van der Waals surface area contributed by atoms with Crippen LogP contribution in [0, 0.1) is 0 Å². The van der Waals surface area contributed by atoms with Crippen LogP contribution < -0.4 is 15.0 Å². The van der Waals surface area contributed by atoms with E-state index in [4.69, 9.17) is 32.7 Å². The van der Waals surface area contributed by atoms with Crippen molar-refractivity contribution >= 4 is 23.2 Å². The fraction of sp³-hybridized carbons (Fsp3) is 0.133. The van der Waals surface area contributed by atoms with Gasteiger partial charge in [0.1, 0.15) is 5.75 Å². The molecule has 0 bridgehead atoms. The predicted octanol–water partition coefficient (Wildman–Crippen LogP) is 4.55. The standard InChI is InChI=1S/C15H8Cl2F3N3O4/c1-25-9-5-26-23-10(9)13-21-12(15(18,19)20)11(14(24)22-13)27-6-2-3-7(16)8(17)4-6/h2-5H,1H3,(H,21,22,24). The maximum atomic E-state index is 13.5. The molecule has 0 saturated carbocycles. The lowest BCUT2D eigenvalue weighted by Crippen LogP contribution is -2.21. The van der Waals surface area contributed by atoms with Crippen molar-refractivity contribution in [3.8, 4) is 28.8 Å². The second-order valence-corrected chi connectivity index (χ2v) is 5.81. The molecule has 0 aliphatic carbocycles. The number of benzene rings is 1. The molecule has 1 N–H and O–H groups in total. The van der Waals surface area contributed by atoms with Crippen molar-refractivity contribution in [2.24, 2.45) is 0 Å². The van der Waals surface area contributed by atoms with Crippen molar-refractivity contribution in [3.05, 3.63) is 50.6 Å². The van der Waals surface area contributed by atoms with Crippen LogP contribution in [-0.4, -0.2) is 22.2 Å². The molecule has 27 heavy (non-hydrogen) atoms. The van der Waals surface area contributed by atoms with Crippen LogP contribution in [0.25, 0.3) is 11.5 Å². The molecule has 0 fully saturated rings. The zero-order valence-corrected chi connectivity index (χ0v) is 14.7. The average molecular weight is 422 g/mol. The van der Waals surface area contributed by atoms with E-state index in [1.165, 1.54) is 19.2 Å². The Hall–Kier alpha value is -2.72. The molecule has 142 valence electrons. The number of H-pyrrole nitrogens is 1. The summed E-state index contributed by atoms with van der Waals surface area (Å²) in [6.07, 6.45) is -3.95. The molecule has 7 nitrogen and oxygen atoms in total. The van der Waals surface area contributed by atoms with E-state index in [-0.39, 0.29) is 27.2 Å². The fourth-order valence-electron chi connectivity index (χ4n) is 2.05. The zero-order chi connectivity index (χ0) is 19.8. The largest absolute Gasteiger partial charge is 0.491 e. The first kappa shape index (κ1) is 19.1. The number of nitrogens with one attached hydrogen (secondary N) is 1. The highest BCUT2D eigenvalue weighted by Gasteiger charge is 2.39. The molecule has 0 amide bonds. The number of hydrogen-bond acceptors (Lipinski definition) is 6. The molecule has 2 heterocycles. The molecule has 3 aromatic rings. The molecule has 3 rings (SSSR count). The Bertz CT molecular complexity index is 1050. The molecular formula is C15H8Cl2F3N3O4. The maximum Gasteiger partial charge on any atom is 0.437 e. The van der Waals surface area contributed by atoms with Gasteiger partial charge in [-0.3, -0.25) is 4.79 Å². The summed E-state index contributed by atoms with van der Waals surface area (Å²) in [5, 5.41) is 3.69. The van der Waals surface area contributed by atoms with Crippen LogP contribution in [0.1, 0.15) is 5.69 Å². The SMILES string of the molecule is COc1conc1-c1nc(C(F)(F)F)c(Oc2ccc(Cl)c(Cl)c2)c(=O)[nH]1. The van der Waals surface area contributed by atoms with Gasteiger partial charge in [0.15, 0.2) is 29.2 Å². The van der Waals surface area contributed by atoms with E-state index in [9.17, 15) is 18.0 Å². The maximum absolute atomic E-state index is 13.5. The minimum Gasteiger partial charge on any atom is -0.491 e. The summed E-state index contributed by atoms with van der Waals surface area (Å²) in [7, 11) is 1.25. The number of nitrogens with zero attached hydrogens (tertiary/aromatic N) is 2. The number of aromatic nitrogens is 3. The molecule has 0 unspecified atom stereocenters. The van der Waals surface area contributed by atoms with Crippen molar-refractivity contribution in [2.45, 2.75) is 6.18 Å². The van der Waals surface area contributed by atoms with Gasteiger partial charge >= 0.3 is 6.18 Å². The number of halogens is 5. The predicted molar refractivity (Wildman–Crippen MR) is 88.4 cm³/mol. The minimum absolute atomic E-state index is 0.00979. The topological polar surface area (TPSA) is 90.2 Å². The molecule has 0 aliphatic heterocycles. The van der Waals surface area contributed by atoms with Gasteiger partial charge in [-0.25, -0.2) is 4.98 Å². The van der Waals surface area contributed by atoms with E-state index < -0.39 is 29.0 Å². The number of rotatable bonds is 4. The first-order chi connectivity index (χ1) is 12.7. The number of alkyl halides is 3. The summed E-state index contributed by atoms with van der Waals surface area (Å²) in [5.41, 5.74) is -2.96. The molecule has 0 aliphatic rings. The van der Waals surface area contributed by atoms with E-state index in [1.54, 1.807) is 0 Å². The molecule has 0 radical (unpaired) electrons. The van der Waals surface area contributed by atoms with Gasteiger partial charge in [0, 0.05) is 6.07 Å². The van der Waals surface area contributed by atoms with Crippen LogP contribution in [-0.2, 0) is 6.18 Å². The van der Waals surface area contributed by atoms with E-state index >= 15 is 0 Å². The first-order valence-corrected chi connectivity index (χ1v) is 7.79. The van der Waals surface area contributed by atoms with Gasteiger partial charge < -0.3 is 19.0 Å². The highest BCUT2D eigenvalue weighted by molar-refractivity contribution is 6.42. The van der Waals surface area contributed by atoms with Crippen LogP contribution >= 0.6 is 23.2 Å². The monoisotopic (exact) mass is 421 g/mol. The minimum atomic E-state index is -4.99. The van der Waals surface area contributed by atoms with Crippen LogP contribution in [0.4, 0.5) is 13.2 Å². The Morgan fingerprint density at radius 3 is 2.59 bits per heavy atom. The lowest BCUT2D eigenvalue weighted by atomic mass is 10.3. The zero-order valence-electron chi connectivity index (χ0n) is 13.2. The first-order valence-electron chi connectivity index (χ1n) is 7.04. The summed E-state index contributed by atoms with van der Waals surface area (Å²) in [4.78, 5) is 17.9. The van der Waals surface area contributed by atoms with Crippen molar-refractivity contribution in [1.29, 1.82) is 0 Å². The summed E-state index contributed by atoms with van der Waals surface area (Å²) in [5.74, 6) is -1.70. The smallest absolute Gasteiger partial charge is 0.437 e. The van der Waals surface area contributed by atoms with Crippen LogP contribution in [0.15, 0.2) is 33.8 Å². The third kappa shape index (κ3) is 3.86. The van der Waals surface area contributed by atoms with Crippen molar-refractivity contribution in [1.82, 2.24) is 15.1 Å². The summed E-state index contributed by atoms with van der Waals surface area (Å²) in [6, 6.07) is 3.73. The second kappa shape index (κ2) is 7.12. The van der Waals surface area contributed by atoms with Gasteiger partial charge in [-0.1, -0.05) is 28.4 Å². The van der Waals surface area contributed by atoms with Gasteiger partial charge in [-0.05, 0) is 12.1 Å².